The molecule has 132 valence electrons. The summed E-state index contributed by atoms with van der Waals surface area (Å²) in [5.41, 5.74) is 3.29. The van der Waals surface area contributed by atoms with Crippen molar-refractivity contribution in [2.45, 2.75) is 32.0 Å². The molecule has 1 aliphatic carbocycles. The summed E-state index contributed by atoms with van der Waals surface area (Å²) in [5.74, 6) is 1.45. The highest BCUT2D eigenvalue weighted by molar-refractivity contribution is 5.95. The predicted molar refractivity (Wildman–Crippen MR) is 97.8 cm³/mol. The first kappa shape index (κ1) is 15.3. The van der Waals surface area contributed by atoms with E-state index >= 15 is 0 Å². The van der Waals surface area contributed by atoms with Crippen molar-refractivity contribution in [2.24, 2.45) is 5.92 Å². The molecule has 7 nitrogen and oxygen atoms in total. The van der Waals surface area contributed by atoms with E-state index in [-0.39, 0.29) is 18.1 Å². The minimum Gasteiger partial charge on any atom is -0.473 e. The quantitative estimate of drug-likeness (QED) is 0.528. The third kappa shape index (κ3) is 2.43. The number of benzene rings is 1. The normalized spacial score (nSPS) is 23.1. The number of imidazole rings is 1. The number of rotatable bonds is 3. The molecule has 5 rings (SSSR count). The van der Waals surface area contributed by atoms with Crippen LogP contribution in [0.3, 0.4) is 0 Å². The smallest absolute Gasteiger partial charge is 0.243 e. The SMILES string of the molecule is C[C@H]1C[C@@H](Oc2ncnc3nc(-c4c[nH]c5ccccc45)[nH]c23)C[C@H]1O. The maximum Gasteiger partial charge on any atom is 0.243 e. The largest absolute Gasteiger partial charge is 0.473 e. The molecule has 4 aromatic rings. The molecule has 0 spiro atoms. The molecular formula is C19H19N5O2. The maximum atomic E-state index is 9.95. The summed E-state index contributed by atoms with van der Waals surface area (Å²) in [5, 5.41) is 11.0. The van der Waals surface area contributed by atoms with Crippen molar-refractivity contribution < 1.29 is 9.84 Å². The number of nitrogens with one attached hydrogen (secondary N) is 2. The molecule has 3 heterocycles. The summed E-state index contributed by atoms with van der Waals surface area (Å²) < 4.78 is 6.06. The number of ether oxygens (including phenoxy) is 1. The molecular weight excluding hydrogens is 330 g/mol. The molecule has 0 amide bonds. The molecule has 0 unspecified atom stereocenters. The highest BCUT2D eigenvalue weighted by Gasteiger charge is 2.32. The standard InChI is InChI=1S/C19H19N5O2/c1-10-6-11(7-15(10)25)26-19-16-18(21-9-22-19)24-17(23-16)13-8-20-14-5-3-2-4-12(13)14/h2-5,8-11,15,20,25H,6-7H2,1H3,(H,21,22,23,24)/t10-,11+,15+/m0/s1. The van der Waals surface area contributed by atoms with Crippen LogP contribution >= 0.6 is 0 Å². The van der Waals surface area contributed by atoms with E-state index in [1.54, 1.807) is 0 Å². The molecule has 0 bridgehead atoms. The third-order valence-corrected chi connectivity index (χ3v) is 5.17. The van der Waals surface area contributed by atoms with Crippen LogP contribution in [-0.2, 0) is 0 Å². The maximum absolute atomic E-state index is 9.95. The van der Waals surface area contributed by atoms with Gasteiger partial charge in [0.1, 0.15) is 23.8 Å². The van der Waals surface area contributed by atoms with Crippen LogP contribution in [0.2, 0.25) is 0 Å². The Balaban J connectivity index is 1.54. The van der Waals surface area contributed by atoms with Gasteiger partial charge in [-0.1, -0.05) is 25.1 Å². The van der Waals surface area contributed by atoms with E-state index < -0.39 is 0 Å². The molecule has 3 aromatic heterocycles. The van der Waals surface area contributed by atoms with Crippen LogP contribution in [0.1, 0.15) is 19.8 Å². The van der Waals surface area contributed by atoms with Crippen molar-refractivity contribution in [1.29, 1.82) is 0 Å². The number of aromatic amines is 2. The molecule has 1 aromatic carbocycles. The molecule has 1 fully saturated rings. The average molecular weight is 349 g/mol. The molecule has 0 radical (unpaired) electrons. The van der Waals surface area contributed by atoms with Crippen molar-refractivity contribution in [3.63, 3.8) is 0 Å². The number of nitrogens with zero attached hydrogens (tertiary/aromatic N) is 3. The number of aromatic nitrogens is 5. The fraction of sp³-hybridized carbons (Fsp3) is 0.316. The summed E-state index contributed by atoms with van der Waals surface area (Å²) in [6.07, 6.45) is 4.47. The number of aliphatic hydroxyl groups is 1. The fourth-order valence-corrected chi connectivity index (χ4v) is 3.72. The lowest BCUT2D eigenvalue weighted by atomic mass is 10.1. The summed E-state index contributed by atoms with van der Waals surface area (Å²) in [6, 6.07) is 8.08. The third-order valence-electron chi connectivity index (χ3n) is 5.17. The molecule has 7 heteroatoms. The van der Waals surface area contributed by atoms with Gasteiger partial charge >= 0.3 is 0 Å². The van der Waals surface area contributed by atoms with Crippen LogP contribution in [0.5, 0.6) is 5.88 Å². The molecule has 26 heavy (non-hydrogen) atoms. The number of aliphatic hydroxyl groups excluding tert-OH is 1. The van der Waals surface area contributed by atoms with Gasteiger partial charge in [0, 0.05) is 29.1 Å². The number of hydrogen-bond acceptors (Lipinski definition) is 5. The molecule has 0 aliphatic heterocycles. The molecule has 3 atom stereocenters. The van der Waals surface area contributed by atoms with Gasteiger partial charge in [0.2, 0.25) is 5.88 Å². The average Bonchev–Trinajstić information content (AvgIpc) is 3.32. The Morgan fingerprint density at radius 1 is 1.19 bits per heavy atom. The Kier molecular flexibility index (Phi) is 3.43. The lowest BCUT2D eigenvalue weighted by Gasteiger charge is -2.12. The number of fused-ring (bicyclic) bond motifs is 2. The van der Waals surface area contributed by atoms with Gasteiger partial charge < -0.3 is 19.8 Å². The first-order valence-corrected chi connectivity index (χ1v) is 8.81. The first-order chi connectivity index (χ1) is 12.7. The molecule has 0 saturated heterocycles. The fourth-order valence-electron chi connectivity index (χ4n) is 3.72. The molecule has 1 aliphatic rings. The van der Waals surface area contributed by atoms with E-state index in [2.05, 4.69) is 31.0 Å². The zero-order chi connectivity index (χ0) is 17.7. The highest BCUT2D eigenvalue weighted by Crippen LogP contribution is 2.32. The van der Waals surface area contributed by atoms with Crippen molar-refractivity contribution in [2.75, 3.05) is 0 Å². The van der Waals surface area contributed by atoms with E-state index in [1.165, 1.54) is 6.33 Å². The topological polar surface area (TPSA) is 99.7 Å². The number of H-pyrrole nitrogens is 2. The van der Waals surface area contributed by atoms with Crippen LogP contribution in [0.25, 0.3) is 33.5 Å². The van der Waals surface area contributed by atoms with Crippen molar-refractivity contribution in [1.82, 2.24) is 24.9 Å². The summed E-state index contributed by atoms with van der Waals surface area (Å²) in [4.78, 5) is 19.7. The zero-order valence-electron chi connectivity index (χ0n) is 14.3. The summed E-state index contributed by atoms with van der Waals surface area (Å²) in [6.45, 7) is 2.04. The summed E-state index contributed by atoms with van der Waals surface area (Å²) in [7, 11) is 0. The Morgan fingerprint density at radius 3 is 2.92 bits per heavy atom. The van der Waals surface area contributed by atoms with Crippen LogP contribution in [0.4, 0.5) is 0 Å². The van der Waals surface area contributed by atoms with E-state index in [1.807, 2.05) is 31.3 Å². The summed E-state index contributed by atoms with van der Waals surface area (Å²) >= 11 is 0. The minimum atomic E-state index is -0.319. The van der Waals surface area contributed by atoms with Crippen LogP contribution < -0.4 is 4.74 Å². The Bertz CT molecular complexity index is 1080. The van der Waals surface area contributed by atoms with Crippen LogP contribution in [0.15, 0.2) is 36.8 Å². The highest BCUT2D eigenvalue weighted by atomic mass is 16.5. The minimum absolute atomic E-state index is 0.0436. The van der Waals surface area contributed by atoms with Crippen LogP contribution in [-0.4, -0.2) is 42.2 Å². The predicted octanol–water partition coefficient (Wildman–Crippen LogP) is 3.04. The second-order valence-electron chi connectivity index (χ2n) is 6.97. The van der Waals surface area contributed by atoms with Crippen molar-refractivity contribution in [3.8, 4) is 17.3 Å². The van der Waals surface area contributed by atoms with Gasteiger partial charge in [0.05, 0.1) is 6.10 Å². The Labute approximate surface area is 149 Å². The van der Waals surface area contributed by atoms with Crippen LogP contribution in [0, 0.1) is 5.92 Å². The van der Waals surface area contributed by atoms with Gasteiger partial charge in [-0.3, -0.25) is 0 Å². The molecule has 3 N–H and O–H groups in total. The second kappa shape index (κ2) is 5.81. The van der Waals surface area contributed by atoms with E-state index in [0.717, 1.165) is 28.7 Å². The molecule has 1 saturated carbocycles. The van der Waals surface area contributed by atoms with Gasteiger partial charge in [-0.15, -0.1) is 0 Å². The zero-order valence-corrected chi connectivity index (χ0v) is 14.3. The van der Waals surface area contributed by atoms with Crippen molar-refractivity contribution >= 4 is 22.1 Å². The second-order valence-corrected chi connectivity index (χ2v) is 6.97. The van der Waals surface area contributed by atoms with Gasteiger partial charge in [-0.05, 0) is 18.4 Å². The first-order valence-electron chi connectivity index (χ1n) is 8.81. The Hall–Kier alpha value is -2.93. The van der Waals surface area contributed by atoms with E-state index in [0.29, 0.717) is 23.5 Å². The monoisotopic (exact) mass is 349 g/mol. The van der Waals surface area contributed by atoms with Gasteiger partial charge in [-0.25, -0.2) is 9.97 Å². The number of hydrogen-bond donors (Lipinski definition) is 3. The van der Waals surface area contributed by atoms with E-state index in [4.69, 9.17) is 4.74 Å². The number of para-hydroxylation sites is 1. The van der Waals surface area contributed by atoms with E-state index in [9.17, 15) is 5.11 Å². The Morgan fingerprint density at radius 2 is 2.08 bits per heavy atom. The van der Waals surface area contributed by atoms with Gasteiger partial charge in [0.15, 0.2) is 5.65 Å². The van der Waals surface area contributed by atoms with Gasteiger partial charge in [0.25, 0.3) is 0 Å². The van der Waals surface area contributed by atoms with Crippen molar-refractivity contribution in [3.05, 3.63) is 36.8 Å². The van der Waals surface area contributed by atoms with Gasteiger partial charge in [-0.2, -0.15) is 4.98 Å². The lowest BCUT2D eigenvalue weighted by Crippen LogP contribution is -2.14. The lowest BCUT2D eigenvalue weighted by molar-refractivity contribution is 0.129.